The van der Waals surface area contributed by atoms with Crippen LogP contribution in [0.25, 0.3) is 0 Å². The third kappa shape index (κ3) is 5.71. The number of hydrogen-bond acceptors (Lipinski definition) is 4. The lowest BCUT2D eigenvalue weighted by molar-refractivity contribution is 0.0952. The fourth-order valence-electron chi connectivity index (χ4n) is 3.54. The normalized spacial score (nSPS) is 11.2. The first-order chi connectivity index (χ1) is 16.5. The summed E-state index contributed by atoms with van der Waals surface area (Å²) in [7, 11) is -3.76. The van der Waals surface area contributed by atoms with E-state index in [4.69, 9.17) is 0 Å². The molecule has 0 aliphatic carbocycles. The lowest BCUT2D eigenvalue weighted by atomic mass is 10.1. The average molecular weight is 475 g/mol. The molecule has 3 aromatic carbocycles. The topological polar surface area (TPSA) is 84.3 Å². The molecule has 4 aromatic rings. The van der Waals surface area contributed by atoms with Gasteiger partial charge >= 0.3 is 0 Å². The summed E-state index contributed by atoms with van der Waals surface area (Å²) in [6, 6.07) is 24.4. The number of aryl methyl sites for hydroxylation is 1. The molecule has 0 fully saturated rings. The van der Waals surface area contributed by atoms with Gasteiger partial charge in [0.1, 0.15) is 0 Å². The van der Waals surface area contributed by atoms with Crippen LogP contribution in [0.2, 0.25) is 0 Å². The molecule has 7 nitrogen and oxygen atoms in total. The molecule has 1 heterocycles. The summed E-state index contributed by atoms with van der Waals surface area (Å²) in [5, 5.41) is 2.91. The molecule has 1 aromatic heterocycles. The quantitative estimate of drug-likeness (QED) is 0.351. The van der Waals surface area contributed by atoms with Gasteiger partial charge in [-0.1, -0.05) is 48.5 Å². The molecule has 0 atom stereocenters. The second-order valence-electron chi connectivity index (χ2n) is 7.77. The summed E-state index contributed by atoms with van der Waals surface area (Å²) < 4.78 is 30.1. The third-order valence-electron chi connectivity index (χ3n) is 5.36. The Morgan fingerprint density at radius 3 is 2.24 bits per heavy atom. The van der Waals surface area contributed by atoms with Crippen molar-refractivity contribution in [3.8, 4) is 0 Å². The molecule has 8 heteroatoms. The van der Waals surface area contributed by atoms with Gasteiger partial charge in [-0.15, -0.1) is 0 Å². The molecule has 4 rings (SSSR count). The fraction of sp³-hybridized carbons (Fsp3) is 0.154. The van der Waals surface area contributed by atoms with Gasteiger partial charge in [-0.05, 0) is 48.4 Å². The van der Waals surface area contributed by atoms with E-state index in [-0.39, 0.29) is 17.3 Å². The first-order valence-electron chi connectivity index (χ1n) is 11.0. The number of carbonyl (C=O) groups excluding carboxylic acids is 1. The van der Waals surface area contributed by atoms with E-state index in [1.165, 1.54) is 4.31 Å². The van der Waals surface area contributed by atoms with Crippen molar-refractivity contribution in [2.24, 2.45) is 0 Å². The number of benzene rings is 3. The van der Waals surface area contributed by atoms with Gasteiger partial charge in [0, 0.05) is 31.0 Å². The number of aromatic nitrogens is 2. The second kappa shape index (κ2) is 10.8. The average Bonchev–Trinajstić information content (AvgIpc) is 3.40. The number of anilines is 1. The minimum atomic E-state index is -3.76. The Labute approximate surface area is 199 Å². The molecule has 1 amide bonds. The monoisotopic (exact) mass is 474 g/mol. The number of amides is 1. The largest absolute Gasteiger partial charge is 0.352 e. The van der Waals surface area contributed by atoms with Crippen LogP contribution in [0.1, 0.15) is 22.3 Å². The molecular weight excluding hydrogens is 448 g/mol. The van der Waals surface area contributed by atoms with Crippen molar-refractivity contribution in [2.75, 3.05) is 10.8 Å². The van der Waals surface area contributed by atoms with E-state index in [1.807, 2.05) is 29.0 Å². The molecule has 0 spiro atoms. The Morgan fingerprint density at radius 1 is 0.912 bits per heavy atom. The van der Waals surface area contributed by atoms with Crippen LogP contribution in [-0.2, 0) is 23.1 Å². The minimum absolute atomic E-state index is 0.147. The van der Waals surface area contributed by atoms with Crippen molar-refractivity contribution < 1.29 is 13.2 Å². The molecular formula is C26H26N4O3S. The van der Waals surface area contributed by atoms with Crippen molar-refractivity contribution in [2.45, 2.75) is 24.4 Å². The molecule has 0 aliphatic heterocycles. The Kier molecular flexibility index (Phi) is 7.39. The predicted molar refractivity (Wildman–Crippen MR) is 132 cm³/mol. The van der Waals surface area contributed by atoms with Gasteiger partial charge in [0.2, 0.25) is 0 Å². The van der Waals surface area contributed by atoms with Crippen LogP contribution in [0.5, 0.6) is 0 Å². The van der Waals surface area contributed by atoms with E-state index >= 15 is 0 Å². The molecule has 34 heavy (non-hydrogen) atoms. The van der Waals surface area contributed by atoms with Crippen molar-refractivity contribution >= 4 is 21.6 Å². The van der Waals surface area contributed by atoms with Crippen molar-refractivity contribution in [1.82, 2.24) is 14.9 Å². The smallest absolute Gasteiger partial charge is 0.264 e. The van der Waals surface area contributed by atoms with Crippen molar-refractivity contribution in [1.29, 1.82) is 0 Å². The maximum atomic E-state index is 13.4. The van der Waals surface area contributed by atoms with Crippen molar-refractivity contribution in [3.63, 3.8) is 0 Å². The standard InChI is InChI=1S/C26H26N4O3S/c31-26(28-16-7-18-29-19-17-27-21-29)23-14-12-22(13-15-23)20-30(24-8-3-1-4-9-24)34(32,33)25-10-5-2-6-11-25/h1-6,8-15,17,19,21H,7,16,18,20H2,(H,28,31). The number of rotatable bonds is 10. The Hall–Kier alpha value is -3.91. The molecule has 0 aliphatic rings. The maximum Gasteiger partial charge on any atom is 0.264 e. The zero-order valence-electron chi connectivity index (χ0n) is 18.6. The molecule has 1 N–H and O–H groups in total. The van der Waals surface area contributed by atoms with Gasteiger partial charge in [-0.3, -0.25) is 9.10 Å². The molecule has 0 bridgehead atoms. The van der Waals surface area contributed by atoms with Gasteiger partial charge in [-0.2, -0.15) is 0 Å². The van der Waals surface area contributed by atoms with Crippen molar-refractivity contribution in [3.05, 3.63) is 115 Å². The van der Waals surface area contributed by atoms with E-state index in [2.05, 4.69) is 10.3 Å². The third-order valence-corrected chi connectivity index (χ3v) is 7.14. The molecule has 174 valence electrons. The van der Waals surface area contributed by atoms with E-state index in [0.717, 1.165) is 18.5 Å². The highest BCUT2D eigenvalue weighted by Gasteiger charge is 2.25. The minimum Gasteiger partial charge on any atom is -0.352 e. The van der Waals surface area contributed by atoms with Crippen LogP contribution in [0.3, 0.4) is 0 Å². The van der Waals surface area contributed by atoms with Gasteiger partial charge in [0.05, 0.1) is 23.5 Å². The SMILES string of the molecule is O=C(NCCCn1ccnc1)c1ccc(CN(c2ccccc2)S(=O)(=O)c2ccccc2)cc1. The first-order valence-corrected chi connectivity index (χ1v) is 12.4. The van der Waals surface area contributed by atoms with E-state index in [0.29, 0.717) is 17.8 Å². The highest BCUT2D eigenvalue weighted by Crippen LogP contribution is 2.25. The Morgan fingerprint density at radius 2 is 1.59 bits per heavy atom. The number of imidazole rings is 1. The van der Waals surface area contributed by atoms with Gasteiger partial charge in [-0.25, -0.2) is 13.4 Å². The lowest BCUT2D eigenvalue weighted by Gasteiger charge is -2.25. The zero-order valence-corrected chi connectivity index (χ0v) is 19.4. The van der Waals surface area contributed by atoms with Gasteiger partial charge < -0.3 is 9.88 Å². The summed E-state index contributed by atoms with van der Waals surface area (Å²) in [5.41, 5.74) is 1.88. The predicted octanol–water partition coefficient (Wildman–Crippen LogP) is 4.10. The second-order valence-corrected chi connectivity index (χ2v) is 9.63. The molecule has 0 saturated heterocycles. The number of hydrogen-bond donors (Lipinski definition) is 1. The van der Waals surface area contributed by atoms with E-state index < -0.39 is 10.0 Å². The number of nitrogens with one attached hydrogen (secondary N) is 1. The van der Waals surface area contributed by atoms with Crippen LogP contribution in [0, 0.1) is 0 Å². The molecule has 0 radical (unpaired) electrons. The Bertz CT molecular complexity index is 1290. The lowest BCUT2D eigenvalue weighted by Crippen LogP contribution is -2.30. The summed E-state index contributed by atoms with van der Waals surface area (Å²) in [5.74, 6) is -0.158. The first kappa shape index (κ1) is 23.3. The van der Waals surface area contributed by atoms with Crippen LogP contribution in [0.15, 0.2) is 109 Å². The van der Waals surface area contributed by atoms with Crippen LogP contribution in [-0.4, -0.2) is 30.4 Å². The summed E-state index contributed by atoms with van der Waals surface area (Å²) >= 11 is 0. The van der Waals surface area contributed by atoms with E-state index in [9.17, 15) is 13.2 Å². The number of sulfonamides is 1. The maximum absolute atomic E-state index is 13.4. The van der Waals surface area contributed by atoms with Crippen LogP contribution < -0.4 is 9.62 Å². The summed E-state index contributed by atoms with van der Waals surface area (Å²) in [4.78, 5) is 16.7. The zero-order chi connectivity index (χ0) is 23.8. The number of carbonyl (C=O) groups is 1. The van der Waals surface area contributed by atoms with Gasteiger partial charge in [0.15, 0.2) is 0 Å². The van der Waals surface area contributed by atoms with Crippen LogP contribution >= 0.6 is 0 Å². The van der Waals surface area contributed by atoms with Crippen LogP contribution in [0.4, 0.5) is 5.69 Å². The number of para-hydroxylation sites is 1. The highest BCUT2D eigenvalue weighted by molar-refractivity contribution is 7.92. The van der Waals surface area contributed by atoms with E-state index in [1.54, 1.807) is 79.3 Å². The molecule has 0 saturated carbocycles. The molecule has 0 unspecified atom stereocenters. The fourth-order valence-corrected chi connectivity index (χ4v) is 5.01. The van der Waals surface area contributed by atoms with Gasteiger partial charge in [0.25, 0.3) is 15.9 Å². The summed E-state index contributed by atoms with van der Waals surface area (Å²) in [6.07, 6.45) is 6.16. The summed E-state index contributed by atoms with van der Waals surface area (Å²) in [6.45, 7) is 1.48. The Balaban J connectivity index is 1.44. The number of nitrogens with zero attached hydrogens (tertiary/aromatic N) is 3. The highest BCUT2D eigenvalue weighted by atomic mass is 32.2.